The van der Waals surface area contributed by atoms with E-state index in [1.54, 1.807) is 12.1 Å². The lowest BCUT2D eigenvalue weighted by atomic mass is 10.2. The number of aromatic hydroxyl groups is 1. The molecule has 1 atom stereocenters. The molecule has 12 heteroatoms. The average molecular weight is 492 g/mol. The number of para-hydroxylation sites is 1. The fourth-order valence-corrected chi connectivity index (χ4v) is 3.67. The summed E-state index contributed by atoms with van der Waals surface area (Å²) in [5, 5.41) is 13.4. The molecule has 0 aromatic heterocycles. The van der Waals surface area contributed by atoms with Gasteiger partial charge < -0.3 is 25.0 Å². The number of halogens is 2. The molecule has 3 amide bonds. The first-order chi connectivity index (χ1) is 16.9. The molecule has 0 spiro atoms. The lowest BCUT2D eigenvalue weighted by Crippen LogP contribution is -2.39. The highest BCUT2D eigenvalue weighted by molar-refractivity contribution is 5.96. The second-order valence-electron chi connectivity index (χ2n) is 7.64. The van der Waals surface area contributed by atoms with Gasteiger partial charge in [-0.3, -0.25) is 19.2 Å². The molecule has 2 aromatic rings. The van der Waals surface area contributed by atoms with Gasteiger partial charge in [0.2, 0.25) is 12.8 Å². The summed E-state index contributed by atoms with van der Waals surface area (Å²) in [6, 6.07) is 8.06. The molecule has 2 aromatic carbocycles. The van der Waals surface area contributed by atoms with Gasteiger partial charge in [0.1, 0.15) is 11.4 Å². The Morgan fingerprint density at radius 1 is 1.23 bits per heavy atom. The lowest BCUT2D eigenvalue weighted by molar-refractivity contribution is -0.111. The Bertz CT molecular complexity index is 1030. The van der Waals surface area contributed by atoms with Crippen LogP contribution in [0, 0.1) is 11.6 Å². The standard InChI is InChI=1S/C23H26F2N4O6/c1-34-17(12-26-14-30)13-28(15-31)16-10-19(24)22(20(25)11-16)27-6-7-29(35-9-8-27)23(33)18-4-2-3-5-21(18)32/h2-5,10-11,14-15,17,32H,6-9,12-13H2,1H3,(H,26,30)/t17-/m0/s1. The molecule has 3 rings (SSSR count). The number of nitrogens with one attached hydrogen (secondary N) is 1. The van der Waals surface area contributed by atoms with E-state index in [0.717, 1.165) is 22.1 Å². The second kappa shape index (κ2) is 12.1. The van der Waals surface area contributed by atoms with Crippen LogP contribution in [0.5, 0.6) is 5.75 Å². The van der Waals surface area contributed by atoms with Crippen LogP contribution >= 0.6 is 0 Å². The highest BCUT2D eigenvalue weighted by Crippen LogP contribution is 2.29. The Hall–Kier alpha value is -3.77. The minimum absolute atomic E-state index is 0.00644. The number of benzene rings is 2. The van der Waals surface area contributed by atoms with Crippen molar-refractivity contribution in [2.24, 2.45) is 0 Å². The normalized spacial score (nSPS) is 14.7. The summed E-state index contributed by atoms with van der Waals surface area (Å²) in [5.74, 6) is -2.56. The highest BCUT2D eigenvalue weighted by atomic mass is 19.1. The quantitative estimate of drug-likeness (QED) is 0.481. The van der Waals surface area contributed by atoms with E-state index in [-0.39, 0.29) is 62.0 Å². The molecule has 0 aliphatic carbocycles. The van der Waals surface area contributed by atoms with Crippen molar-refractivity contribution in [1.82, 2.24) is 10.4 Å². The third-order valence-electron chi connectivity index (χ3n) is 5.48. The van der Waals surface area contributed by atoms with Gasteiger partial charge in [0.15, 0.2) is 11.6 Å². The Kier molecular flexibility index (Phi) is 8.92. The van der Waals surface area contributed by atoms with E-state index in [0.29, 0.717) is 12.8 Å². The molecular formula is C23H26F2N4O6. The smallest absolute Gasteiger partial charge is 0.281 e. The predicted octanol–water partition coefficient (Wildman–Crippen LogP) is 1.29. The van der Waals surface area contributed by atoms with Crippen LogP contribution in [0.15, 0.2) is 36.4 Å². The first-order valence-corrected chi connectivity index (χ1v) is 10.8. The molecule has 35 heavy (non-hydrogen) atoms. The molecule has 0 saturated carbocycles. The molecule has 188 valence electrons. The van der Waals surface area contributed by atoms with E-state index in [1.807, 2.05) is 0 Å². The van der Waals surface area contributed by atoms with E-state index >= 15 is 8.78 Å². The molecule has 1 saturated heterocycles. The fourth-order valence-electron chi connectivity index (χ4n) is 3.67. The van der Waals surface area contributed by atoms with Crippen molar-refractivity contribution < 1.29 is 37.8 Å². The van der Waals surface area contributed by atoms with Gasteiger partial charge in [0, 0.05) is 32.4 Å². The minimum Gasteiger partial charge on any atom is -0.507 e. The van der Waals surface area contributed by atoms with Crippen LogP contribution in [0.4, 0.5) is 20.2 Å². The molecule has 10 nitrogen and oxygen atoms in total. The van der Waals surface area contributed by atoms with Crippen LogP contribution in [0.1, 0.15) is 10.4 Å². The maximum atomic E-state index is 15.1. The molecule has 2 N–H and O–H groups in total. The van der Waals surface area contributed by atoms with Crippen molar-refractivity contribution in [3.8, 4) is 5.75 Å². The first-order valence-electron chi connectivity index (χ1n) is 10.8. The zero-order valence-corrected chi connectivity index (χ0v) is 19.0. The number of phenolic OH excluding ortho intramolecular Hbond substituents is 1. The SMILES string of the molecule is CO[C@@H](CNC=O)CN(C=O)c1cc(F)c(N2CCON(C(=O)c3ccccc3O)CC2)c(F)c1. The van der Waals surface area contributed by atoms with Crippen LogP contribution in [0.25, 0.3) is 0 Å². The van der Waals surface area contributed by atoms with Crippen molar-refractivity contribution in [3.05, 3.63) is 53.6 Å². The van der Waals surface area contributed by atoms with E-state index in [1.165, 1.54) is 24.1 Å². The van der Waals surface area contributed by atoms with E-state index in [9.17, 15) is 19.5 Å². The van der Waals surface area contributed by atoms with Crippen molar-refractivity contribution in [2.45, 2.75) is 6.10 Å². The topological polar surface area (TPSA) is 112 Å². The number of methoxy groups -OCH3 is 1. The number of ether oxygens (including phenoxy) is 1. The lowest BCUT2D eigenvalue weighted by Gasteiger charge is -2.26. The summed E-state index contributed by atoms with van der Waals surface area (Å²) in [6.07, 6.45) is 0.308. The van der Waals surface area contributed by atoms with Crippen LogP contribution in [0.3, 0.4) is 0 Å². The van der Waals surface area contributed by atoms with E-state index in [2.05, 4.69) is 5.32 Å². The summed E-state index contributed by atoms with van der Waals surface area (Å²) < 4.78 is 35.3. The number of nitrogens with zero attached hydrogens (tertiary/aromatic N) is 3. The number of hydrogen-bond acceptors (Lipinski definition) is 7. The van der Waals surface area contributed by atoms with Gasteiger partial charge in [0.25, 0.3) is 5.91 Å². The van der Waals surface area contributed by atoms with Crippen molar-refractivity contribution in [2.75, 3.05) is 56.2 Å². The minimum atomic E-state index is -0.896. The van der Waals surface area contributed by atoms with Gasteiger partial charge in [0.05, 0.1) is 31.4 Å². The van der Waals surface area contributed by atoms with Gasteiger partial charge in [-0.1, -0.05) is 12.1 Å². The van der Waals surface area contributed by atoms with Gasteiger partial charge in [-0.2, -0.15) is 0 Å². The number of phenols is 1. The molecule has 1 heterocycles. The van der Waals surface area contributed by atoms with Crippen LogP contribution in [-0.2, 0) is 19.2 Å². The molecular weight excluding hydrogens is 466 g/mol. The Morgan fingerprint density at radius 3 is 2.57 bits per heavy atom. The van der Waals surface area contributed by atoms with E-state index < -0.39 is 23.6 Å². The third kappa shape index (κ3) is 6.22. The number of carbonyl (C=O) groups excluding carboxylic acids is 3. The van der Waals surface area contributed by atoms with Crippen LogP contribution < -0.4 is 15.1 Å². The monoisotopic (exact) mass is 492 g/mol. The molecule has 0 bridgehead atoms. The summed E-state index contributed by atoms with van der Waals surface area (Å²) in [5.41, 5.74) is -0.283. The van der Waals surface area contributed by atoms with Gasteiger partial charge in [-0.05, 0) is 24.3 Å². The number of amides is 3. The number of hydrogen-bond donors (Lipinski definition) is 2. The first kappa shape index (κ1) is 25.8. The Morgan fingerprint density at radius 2 is 1.94 bits per heavy atom. The zero-order valence-electron chi connectivity index (χ0n) is 19.0. The molecule has 1 aliphatic rings. The zero-order chi connectivity index (χ0) is 25.4. The number of anilines is 2. The van der Waals surface area contributed by atoms with Crippen molar-refractivity contribution in [1.29, 1.82) is 0 Å². The number of rotatable bonds is 10. The highest BCUT2D eigenvalue weighted by Gasteiger charge is 2.27. The summed E-state index contributed by atoms with van der Waals surface area (Å²) >= 11 is 0. The van der Waals surface area contributed by atoms with Gasteiger partial charge in [-0.25, -0.2) is 13.8 Å². The number of carbonyl (C=O) groups is 3. The van der Waals surface area contributed by atoms with Crippen LogP contribution in [0.2, 0.25) is 0 Å². The summed E-state index contributed by atoms with van der Waals surface area (Å²) in [7, 11) is 1.39. The maximum absolute atomic E-state index is 15.1. The summed E-state index contributed by atoms with van der Waals surface area (Å²) in [6.45, 7) is 0.190. The number of hydroxylamine groups is 2. The van der Waals surface area contributed by atoms with Gasteiger partial charge in [-0.15, -0.1) is 0 Å². The Balaban J connectivity index is 1.74. The van der Waals surface area contributed by atoms with E-state index in [4.69, 9.17) is 9.57 Å². The second-order valence-corrected chi connectivity index (χ2v) is 7.64. The van der Waals surface area contributed by atoms with Gasteiger partial charge >= 0.3 is 0 Å². The molecule has 1 fully saturated rings. The summed E-state index contributed by atoms with van der Waals surface area (Å²) in [4.78, 5) is 42.7. The maximum Gasteiger partial charge on any atom is 0.281 e. The fraction of sp³-hybridized carbons (Fsp3) is 0.348. The van der Waals surface area contributed by atoms with Crippen LogP contribution in [-0.4, -0.2) is 81.4 Å². The molecule has 1 aliphatic heterocycles. The van der Waals surface area contributed by atoms with Crippen molar-refractivity contribution in [3.63, 3.8) is 0 Å². The Labute approximate surface area is 200 Å². The van der Waals surface area contributed by atoms with Crippen molar-refractivity contribution >= 4 is 30.1 Å². The third-order valence-corrected chi connectivity index (χ3v) is 5.48. The predicted molar refractivity (Wildman–Crippen MR) is 122 cm³/mol. The average Bonchev–Trinajstić information content (AvgIpc) is 3.10. The molecule has 0 radical (unpaired) electrons. The molecule has 0 unspecified atom stereocenters. The largest absolute Gasteiger partial charge is 0.507 e.